The molecule has 4 heteroatoms. The van der Waals surface area contributed by atoms with Gasteiger partial charge in [-0.05, 0) is 13.0 Å². The highest BCUT2D eigenvalue weighted by Crippen LogP contribution is 2.30. The van der Waals surface area contributed by atoms with Gasteiger partial charge in [0.05, 0.1) is 0 Å². The molecule has 0 fully saturated rings. The summed E-state index contributed by atoms with van der Waals surface area (Å²) in [6.07, 6.45) is 0. The first kappa shape index (κ1) is 14.5. The van der Waals surface area contributed by atoms with Crippen molar-refractivity contribution in [3.63, 3.8) is 0 Å². The molecule has 1 atom stereocenters. The van der Waals surface area contributed by atoms with E-state index in [0.29, 0.717) is 5.75 Å². The van der Waals surface area contributed by atoms with Gasteiger partial charge in [-0.25, -0.2) is 0 Å². The van der Waals surface area contributed by atoms with Crippen LogP contribution in [0.15, 0.2) is 54.6 Å². The second-order valence-electron chi connectivity index (χ2n) is 4.69. The van der Waals surface area contributed by atoms with E-state index in [2.05, 4.69) is 0 Å². The molecular weight excluding hydrogens is 260 g/mol. The Hall–Kier alpha value is -1.94. The Morgan fingerprint density at radius 1 is 1.05 bits per heavy atom. The Morgan fingerprint density at radius 3 is 2.30 bits per heavy atom. The van der Waals surface area contributed by atoms with Crippen LogP contribution in [0, 0.1) is 0 Å². The fourth-order valence-electron chi connectivity index (χ4n) is 1.92. The summed E-state index contributed by atoms with van der Waals surface area (Å²) in [4.78, 5) is 0. The zero-order chi connectivity index (χ0) is 14.6. The second kappa shape index (κ2) is 6.01. The quantitative estimate of drug-likeness (QED) is 0.900. The number of hydrogen-bond donors (Lipinski definition) is 1. The molecule has 106 valence electrons. The van der Waals surface area contributed by atoms with Crippen molar-refractivity contribution in [3.8, 4) is 5.75 Å². The Kier molecular flexibility index (Phi) is 4.35. The van der Waals surface area contributed by atoms with Crippen LogP contribution in [0.5, 0.6) is 5.75 Å². The fourth-order valence-corrected chi connectivity index (χ4v) is 1.92. The minimum Gasteiger partial charge on any atom is -0.487 e. The van der Waals surface area contributed by atoms with E-state index in [1.165, 1.54) is 12.1 Å². The van der Waals surface area contributed by atoms with E-state index in [0.717, 1.165) is 5.56 Å². The lowest BCUT2D eigenvalue weighted by Crippen LogP contribution is -2.23. The van der Waals surface area contributed by atoms with Crippen molar-refractivity contribution in [3.05, 3.63) is 65.7 Å². The third-order valence-corrected chi connectivity index (χ3v) is 3.01. The molecule has 1 unspecified atom stereocenters. The maximum Gasteiger partial charge on any atom is 0.306 e. The molecule has 0 saturated heterocycles. The van der Waals surface area contributed by atoms with Gasteiger partial charge in [0.15, 0.2) is 6.61 Å². The standard InChI is InChI=1S/C16H17F2NO/c1-12(19)14-9-5-6-10-15(14)20-11-16(17,18)13-7-3-2-4-8-13/h2-10,12H,11,19H2,1H3. The van der Waals surface area contributed by atoms with Gasteiger partial charge in [0.25, 0.3) is 0 Å². The van der Waals surface area contributed by atoms with Gasteiger partial charge < -0.3 is 10.5 Å². The van der Waals surface area contributed by atoms with Gasteiger partial charge in [0.1, 0.15) is 5.75 Å². The van der Waals surface area contributed by atoms with E-state index in [1.54, 1.807) is 49.4 Å². The highest BCUT2D eigenvalue weighted by Gasteiger charge is 2.32. The molecule has 0 aliphatic heterocycles. The Balaban J connectivity index is 2.13. The van der Waals surface area contributed by atoms with Crippen LogP contribution in [0.2, 0.25) is 0 Å². The average Bonchev–Trinajstić information content (AvgIpc) is 2.46. The number of alkyl halides is 2. The molecule has 2 N–H and O–H groups in total. The van der Waals surface area contributed by atoms with Crippen LogP contribution in [0.25, 0.3) is 0 Å². The molecule has 2 nitrogen and oxygen atoms in total. The number of benzene rings is 2. The smallest absolute Gasteiger partial charge is 0.306 e. The highest BCUT2D eigenvalue weighted by molar-refractivity contribution is 5.35. The summed E-state index contributed by atoms with van der Waals surface area (Å²) in [6.45, 7) is 1.08. The van der Waals surface area contributed by atoms with E-state index < -0.39 is 12.5 Å². The lowest BCUT2D eigenvalue weighted by molar-refractivity contribution is -0.0469. The van der Waals surface area contributed by atoms with Crippen molar-refractivity contribution in [2.45, 2.75) is 18.9 Å². The van der Waals surface area contributed by atoms with Crippen LogP contribution in [0.1, 0.15) is 24.1 Å². The number of nitrogens with two attached hydrogens (primary N) is 1. The van der Waals surface area contributed by atoms with E-state index in [9.17, 15) is 8.78 Å². The zero-order valence-corrected chi connectivity index (χ0v) is 11.2. The molecule has 0 heterocycles. The summed E-state index contributed by atoms with van der Waals surface area (Å²) >= 11 is 0. The van der Waals surface area contributed by atoms with Crippen LogP contribution >= 0.6 is 0 Å². The van der Waals surface area contributed by atoms with Gasteiger partial charge in [-0.2, -0.15) is 8.78 Å². The molecule has 2 rings (SSSR count). The Labute approximate surface area is 117 Å². The molecule has 2 aromatic carbocycles. The van der Waals surface area contributed by atoms with Gasteiger partial charge in [-0.15, -0.1) is 0 Å². The normalized spacial score (nSPS) is 13.0. The molecule has 0 bridgehead atoms. The van der Waals surface area contributed by atoms with Gasteiger partial charge in [0.2, 0.25) is 0 Å². The molecule has 0 aliphatic rings. The Bertz CT molecular complexity index is 555. The predicted molar refractivity (Wildman–Crippen MR) is 74.9 cm³/mol. The minimum atomic E-state index is -3.04. The Morgan fingerprint density at radius 2 is 1.65 bits per heavy atom. The lowest BCUT2D eigenvalue weighted by Gasteiger charge is -2.19. The maximum absolute atomic E-state index is 14.0. The topological polar surface area (TPSA) is 35.2 Å². The van der Waals surface area contributed by atoms with E-state index >= 15 is 0 Å². The molecule has 0 spiro atoms. The molecule has 0 saturated carbocycles. The summed E-state index contributed by atoms with van der Waals surface area (Å²) in [5.41, 5.74) is 6.46. The third kappa shape index (κ3) is 3.33. The third-order valence-electron chi connectivity index (χ3n) is 3.01. The van der Waals surface area contributed by atoms with Crippen LogP contribution in [0.3, 0.4) is 0 Å². The van der Waals surface area contributed by atoms with E-state index in [4.69, 9.17) is 10.5 Å². The molecule has 0 aromatic heterocycles. The van der Waals surface area contributed by atoms with Crippen molar-refractivity contribution >= 4 is 0 Å². The molecule has 2 aromatic rings. The molecule has 0 radical (unpaired) electrons. The fraction of sp³-hybridized carbons (Fsp3) is 0.250. The maximum atomic E-state index is 14.0. The number of halogens is 2. The van der Waals surface area contributed by atoms with Crippen LogP contribution in [-0.2, 0) is 5.92 Å². The van der Waals surface area contributed by atoms with Gasteiger partial charge >= 0.3 is 5.92 Å². The number of hydrogen-bond acceptors (Lipinski definition) is 2. The minimum absolute atomic E-state index is 0.0571. The molecule has 0 amide bonds. The number of rotatable bonds is 5. The summed E-state index contributed by atoms with van der Waals surface area (Å²) in [6, 6.07) is 14.4. The van der Waals surface area contributed by atoms with Crippen LogP contribution < -0.4 is 10.5 Å². The highest BCUT2D eigenvalue weighted by atomic mass is 19.3. The molecular formula is C16H17F2NO. The zero-order valence-electron chi connectivity index (χ0n) is 11.2. The van der Waals surface area contributed by atoms with E-state index in [-0.39, 0.29) is 11.6 Å². The first-order chi connectivity index (χ1) is 9.50. The predicted octanol–water partition coefficient (Wildman–Crippen LogP) is 3.88. The van der Waals surface area contributed by atoms with E-state index in [1.807, 2.05) is 0 Å². The lowest BCUT2D eigenvalue weighted by atomic mass is 10.1. The first-order valence-electron chi connectivity index (χ1n) is 6.41. The van der Waals surface area contributed by atoms with Crippen molar-refractivity contribution < 1.29 is 13.5 Å². The second-order valence-corrected chi connectivity index (χ2v) is 4.69. The summed E-state index contributed by atoms with van der Waals surface area (Å²) in [5, 5.41) is 0. The molecule has 0 aliphatic carbocycles. The largest absolute Gasteiger partial charge is 0.487 e. The first-order valence-corrected chi connectivity index (χ1v) is 6.41. The van der Waals surface area contributed by atoms with Crippen LogP contribution in [0.4, 0.5) is 8.78 Å². The van der Waals surface area contributed by atoms with Gasteiger partial charge in [-0.3, -0.25) is 0 Å². The van der Waals surface area contributed by atoms with Crippen molar-refractivity contribution in [2.24, 2.45) is 5.73 Å². The SMILES string of the molecule is CC(N)c1ccccc1OCC(F)(F)c1ccccc1. The van der Waals surface area contributed by atoms with Crippen LogP contribution in [-0.4, -0.2) is 6.61 Å². The van der Waals surface area contributed by atoms with Gasteiger partial charge in [-0.1, -0.05) is 48.5 Å². The molecule has 20 heavy (non-hydrogen) atoms. The number of para-hydroxylation sites is 1. The summed E-state index contributed by atoms with van der Waals surface area (Å²) < 4.78 is 33.3. The average molecular weight is 277 g/mol. The van der Waals surface area contributed by atoms with Crippen molar-refractivity contribution in [1.29, 1.82) is 0 Å². The summed E-state index contributed by atoms with van der Waals surface area (Å²) in [5.74, 6) is -2.63. The summed E-state index contributed by atoms with van der Waals surface area (Å²) in [7, 11) is 0. The van der Waals surface area contributed by atoms with Gasteiger partial charge in [0, 0.05) is 17.2 Å². The van der Waals surface area contributed by atoms with Crippen molar-refractivity contribution in [1.82, 2.24) is 0 Å². The number of ether oxygens (including phenoxy) is 1. The monoisotopic (exact) mass is 277 g/mol. The van der Waals surface area contributed by atoms with Crippen molar-refractivity contribution in [2.75, 3.05) is 6.61 Å².